The van der Waals surface area contributed by atoms with Gasteiger partial charge in [-0.1, -0.05) is 116 Å². The molecule has 0 rings (SSSR count). The van der Waals surface area contributed by atoms with Crippen molar-refractivity contribution in [1.82, 2.24) is 0 Å². The van der Waals surface area contributed by atoms with Gasteiger partial charge in [-0.2, -0.15) is 0 Å². The van der Waals surface area contributed by atoms with Gasteiger partial charge in [0.25, 0.3) is 0 Å². The molecule has 0 aromatic heterocycles. The summed E-state index contributed by atoms with van der Waals surface area (Å²) in [5, 5.41) is 30.2. The van der Waals surface area contributed by atoms with Crippen molar-refractivity contribution < 1.29 is 86.3 Å². The van der Waals surface area contributed by atoms with Crippen LogP contribution in [0.5, 0.6) is 0 Å². The molecule has 0 fully saturated rings. The maximum absolute atomic E-state index is 10.2. The largest absolute Gasteiger partial charge is 1.00 e. The molecular weight excluding hydrogens is 441 g/mol. The molecule has 0 amide bonds. The maximum Gasteiger partial charge on any atom is 1.00 e. The number of carbonyl (C=O) groups is 3. The van der Waals surface area contributed by atoms with Crippen molar-refractivity contribution in [3.05, 3.63) is 0 Å². The Morgan fingerprint density at radius 2 is 0.528 bits per heavy atom. The average Bonchev–Trinajstić information content (AvgIpc) is 2.75. The van der Waals surface area contributed by atoms with Crippen LogP contribution in [0.25, 0.3) is 0 Å². The minimum atomic E-state index is -1.02. The Kier molecular flexibility index (Phi) is 50.8. The Bertz CT molecular complexity index is 447. The predicted octanol–water partition coefficient (Wildman–Crippen LogP) is -4.77. The van der Waals surface area contributed by atoms with E-state index in [0.29, 0.717) is 12.8 Å². The van der Waals surface area contributed by atoms with Crippen LogP contribution in [0.1, 0.15) is 155 Å². The van der Waals surface area contributed by atoms with Crippen molar-refractivity contribution in [2.45, 2.75) is 155 Å². The number of unbranched alkanes of at least 4 members (excludes halogenated alkanes) is 18. The van der Waals surface area contributed by atoms with Crippen LogP contribution < -0.4 is 71.9 Å². The van der Waals surface area contributed by atoms with Crippen LogP contribution in [-0.2, 0) is 14.4 Å². The molecule has 196 valence electrons. The van der Waals surface area contributed by atoms with E-state index in [1.807, 2.05) is 0 Å². The van der Waals surface area contributed by atoms with Crippen LogP contribution in [0.15, 0.2) is 0 Å². The summed E-state index contributed by atoms with van der Waals surface area (Å²) in [6.45, 7) is 2.27. The fourth-order valence-electron chi connectivity index (χ4n) is 3.71. The minimum Gasteiger partial charge on any atom is -0.550 e. The van der Waals surface area contributed by atoms with E-state index in [1.54, 1.807) is 0 Å². The SMILES string of the molecule is CCCCCCCCCCCCCCCCCC(=O)[O-].O=C([O-])CCCCCCCC(=O)[O-].[Li+].[Li+].[Li+]. The molecule has 0 heterocycles. The first-order valence-corrected chi connectivity index (χ1v) is 13.5. The van der Waals surface area contributed by atoms with Gasteiger partial charge < -0.3 is 29.7 Å². The molecule has 0 spiro atoms. The van der Waals surface area contributed by atoms with Crippen LogP contribution in [0, 0.1) is 0 Å². The summed E-state index contributed by atoms with van der Waals surface area (Å²) in [5.74, 6) is -2.94. The quantitative estimate of drug-likeness (QED) is 0.0990. The molecule has 0 bridgehead atoms. The molecule has 0 radical (unpaired) electrons. The molecule has 0 saturated carbocycles. The molecule has 0 N–H and O–H groups in total. The first-order valence-electron chi connectivity index (χ1n) is 13.5. The summed E-state index contributed by atoms with van der Waals surface area (Å²) < 4.78 is 0. The van der Waals surface area contributed by atoms with E-state index in [2.05, 4.69) is 6.92 Å². The number of aliphatic carboxylic acids is 3. The molecule has 0 atom stereocenters. The Labute approximate surface area is 257 Å². The van der Waals surface area contributed by atoms with E-state index < -0.39 is 17.9 Å². The third-order valence-corrected chi connectivity index (χ3v) is 5.75. The summed E-state index contributed by atoms with van der Waals surface area (Å²) in [4.78, 5) is 30.2. The van der Waals surface area contributed by atoms with Crippen LogP contribution in [0.3, 0.4) is 0 Å². The van der Waals surface area contributed by atoms with Crippen LogP contribution in [0.4, 0.5) is 0 Å². The minimum absolute atomic E-state index is 0. The van der Waals surface area contributed by atoms with E-state index >= 15 is 0 Å². The fraction of sp³-hybridized carbons (Fsp3) is 0.889. The zero-order valence-corrected chi connectivity index (χ0v) is 24.2. The monoisotopic (exact) mass is 490 g/mol. The van der Waals surface area contributed by atoms with Gasteiger partial charge in [0.05, 0.1) is 0 Å². The van der Waals surface area contributed by atoms with Gasteiger partial charge in [0.1, 0.15) is 0 Å². The normalized spacial score (nSPS) is 9.58. The van der Waals surface area contributed by atoms with Gasteiger partial charge in [0.2, 0.25) is 0 Å². The first kappa shape index (κ1) is 46.1. The van der Waals surface area contributed by atoms with Crippen molar-refractivity contribution in [1.29, 1.82) is 0 Å². The number of carboxylic acids is 3. The number of carboxylic acid groups (broad SMARTS) is 3. The molecule has 0 aliphatic rings. The molecule has 0 aliphatic heterocycles. The number of hydrogen-bond donors (Lipinski definition) is 0. The smallest absolute Gasteiger partial charge is 0.550 e. The molecule has 36 heavy (non-hydrogen) atoms. The van der Waals surface area contributed by atoms with Gasteiger partial charge in [-0.25, -0.2) is 0 Å². The maximum atomic E-state index is 10.2. The van der Waals surface area contributed by atoms with Crippen LogP contribution >= 0.6 is 0 Å². The zero-order chi connectivity index (χ0) is 25.0. The Balaban J connectivity index is -0.000000177. The molecule has 0 unspecified atom stereocenters. The Morgan fingerprint density at radius 3 is 0.694 bits per heavy atom. The first-order chi connectivity index (χ1) is 15.9. The third-order valence-electron chi connectivity index (χ3n) is 5.75. The molecule has 0 aromatic carbocycles. The predicted molar refractivity (Wildman–Crippen MR) is 127 cm³/mol. The van der Waals surface area contributed by atoms with Crippen molar-refractivity contribution in [2.75, 3.05) is 0 Å². The van der Waals surface area contributed by atoms with Gasteiger partial charge in [-0.15, -0.1) is 0 Å². The van der Waals surface area contributed by atoms with Crippen molar-refractivity contribution in [3.63, 3.8) is 0 Å². The summed E-state index contributed by atoms with van der Waals surface area (Å²) in [5.41, 5.74) is 0. The molecule has 0 saturated heterocycles. The summed E-state index contributed by atoms with van der Waals surface area (Å²) in [6, 6.07) is 0. The second-order valence-corrected chi connectivity index (χ2v) is 9.08. The summed E-state index contributed by atoms with van der Waals surface area (Å²) in [7, 11) is 0. The second-order valence-electron chi connectivity index (χ2n) is 9.08. The van der Waals surface area contributed by atoms with E-state index in [4.69, 9.17) is 0 Å². The average molecular weight is 491 g/mol. The van der Waals surface area contributed by atoms with Gasteiger partial charge in [0.15, 0.2) is 0 Å². The Hall–Kier alpha value is 0.202. The van der Waals surface area contributed by atoms with Gasteiger partial charge in [-0.3, -0.25) is 0 Å². The summed E-state index contributed by atoms with van der Waals surface area (Å²) in [6.07, 6.45) is 23.8. The van der Waals surface area contributed by atoms with Crippen LogP contribution in [-0.4, -0.2) is 17.9 Å². The second kappa shape index (κ2) is 39.7. The van der Waals surface area contributed by atoms with Gasteiger partial charge in [-0.05, 0) is 38.5 Å². The Morgan fingerprint density at radius 1 is 0.361 bits per heavy atom. The molecule has 6 nitrogen and oxygen atoms in total. The third kappa shape index (κ3) is 51.0. The van der Waals surface area contributed by atoms with E-state index in [1.165, 1.54) is 83.5 Å². The van der Waals surface area contributed by atoms with Crippen molar-refractivity contribution >= 4 is 17.9 Å². The fourth-order valence-corrected chi connectivity index (χ4v) is 3.71. The number of carbonyl (C=O) groups excluding carboxylic acids is 3. The number of rotatable bonds is 24. The van der Waals surface area contributed by atoms with Gasteiger partial charge >= 0.3 is 56.6 Å². The van der Waals surface area contributed by atoms with E-state index in [9.17, 15) is 29.7 Å². The van der Waals surface area contributed by atoms with Crippen molar-refractivity contribution in [3.8, 4) is 0 Å². The molecule has 0 aromatic rings. The zero-order valence-electron chi connectivity index (χ0n) is 24.2. The molecule has 0 aliphatic carbocycles. The van der Waals surface area contributed by atoms with E-state index in [0.717, 1.165) is 32.1 Å². The summed E-state index contributed by atoms with van der Waals surface area (Å²) >= 11 is 0. The molecule has 9 heteroatoms. The van der Waals surface area contributed by atoms with Crippen molar-refractivity contribution in [2.24, 2.45) is 0 Å². The number of hydrogen-bond acceptors (Lipinski definition) is 6. The standard InChI is InChI=1S/C18H36O2.C9H16O4.3Li/c1-2-3-4-5-6-7-8-9-10-11-12-13-14-15-16-17-18(19)20;10-8(11)6-4-2-1-3-5-7-9(12)13;;;/h2-17H2,1H3,(H,19,20);1-7H2,(H,10,11)(H,12,13);;;/q;;3*+1/p-3. The topological polar surface area (TPSA) is 120 Å². The van der Waals surface area contributed by atoms with Crippen LogP contribution in [0.2, 0.25) is 0 Å². The molecular formula is C27H49Li3O6. The van der Waals surface area contributed by atoms with E-state index in [-0.39, 0.29) is 75.8 Å². The van der Waals surface area contributed by atoms with Gasteiger partial charge in [0, 0.05) is 17.9 Å².